The van der Waals surface area contributed by atoms with Gasteiger partial charge in [0.15, 0.2) is 0 Å². The lowest BCUT2D eigenvalue weighted by atomic mass is 9.86. The topological polar surface area (TPSA) is 76.6 Å². The van der Waals surface area contributed by atoms with Gasteiger partial charge < -0.3 is 19.6 Å². The number of rotatable bonds is 7. The van der Waals surface area contributed by atoms with E-state index >= 15 is 4.39 Å². The summed E-state index contributed by atoms with van der Waals surface area (Å²) in [4.78, 5) is 33.3. The minimum Gasteiger partial charge on any atom is -0.481 e. The summed E-state index contributed by atoms with van der Waals surface area (Å²) in [5, 5.41) is 9.43. The number of amides is 1. The van der Waals surface area contributed by atoms with Gasteiger partial charge in [-0.3, -0.25) is 19.4 Å². The standard InChI is InChI=1S/C33H48F4N4O4/c1-31(2,3)41-14-9-25(10-15-41)39-16-11-32(34,21-39)30(44)40-18-23(20-45-4)27(19-40)26-6-5-24(33(35,36)37)17-28(26)38-12-7-22(8-13-38)29(42)43/h5-6,17,22-23,25,27H,7-16,18-21H2,1-4H3,(H,42,43)/t23-,27+,32-/m1/s1. The fourth-order valence-electron chi connectivity index (χ4n) is 7.92. The first kappa shape index (κ1) is 33.9. The molecule has 4 aliphatic heterocycles. The first-order chi connectivity index (χ1) is 21.1. The highest BCUT2D eigenvalue weighted by molar-refractivity contribution is 5.86. The number of benzene rings is 1. The largest absolute Gasteiger partial charge is 0.481 e. The van der Waals surface area contributed by atoms with Crippen LogP contribution in [0.4, 0.5) is 23.2 Å². The number of likely N-dealkylation sites (tertiary alicyclic amines) is 3. The smallest absolute Gasteiger partial charge is 0.416 e. The molecule has 1 aromatic rings. The van der Waals surface area contributed by atoms with E-state index in [0.29, 0.717) is 43.7 Å². The second-order valence-electron chi connectivity index (χ2n) is 14.5. The maximum Gasteiger partial charge on any atom is 0.416 e. The van der Waals surface area contributed by atoms with E-state index in [1.54, 1.807) is 12.0 Å². The number of carbonyl (C=O) groups excluding carboxylic acids is 1. The van der Waals surface area contributed by atoms with Crippen LogP contribution in [0, 0.1) is 11.8 Å². The SMILES string of the molecule is COC[C@H]1CN(C(=O)[C@@]2(F)CCN(C3CCN(C(C)(C)C)CC3)C2)C[C@@H]1c1ccc(C(F)(F)F)cc1N1CCC(C(=O)O)CC1. The third-order valence-corrected chi connectivity index (χ3v) is 10.6. The molecule has 4 fully saturated rings. The third kappa shape index (κ3) is 7.27. The quantitative estimate of drug-likeness (QED) is 0.427. The second kappa shape index (κ2) is 13.0. The average molecular weight is 641 g/mol. The van der Waals surface area contributed by atoms with Crippen LogP contribution in [0.2, 0.25) is 0 Å². The Morgan fingerprint density at radius 2 is 1.67 bits per heavy atom. The Balaban J connectivity index is 1.33. The van der Waals surface area contributed by atoms with Gasteiger partial charge in [0.1, 0.15) is 0 Å². The Kier molecular flexibility index (Phi) is 9.79. The van der Waals surface area contributed by atoms with Gasteiger partial charge in [0.25, 0.3) is 5.91 Å². The number of anilines is 1. The van der Waals surface area contributed by atoms with Crippen LogP contribution in [0.1, 0.15) is 69.9 Å². The normalized spacial score (nSPS) is 28.3. The molecule has 252 valence electrons. The van der Waals surface area contributed by atoms with Crippen molar-refractivity contribution < 1.29 is 37.0 Å². The number of aliphatic carboxylic acids is 1. The fourth-order valence-corrected chi connectivity index (χ4v) is 7.92. The first-order valence-corrected chi connectivity index (χ1v) is 16.3. The molecule has 4 heterocycles. The van der Waals surface area contributed by atoms with E-state index in [1.807, 2.05) is 4.90 Å². The van der Waals surface area contributed by atoms with Crippen LogP contribution in [-0.2, 0) is 20.5 Å². The van der Waals surface area contributed by atoms with Gasteiger partial charge in [-0.1, -0.05) is 6.07 Å². The molecule has 5 rings (SSSR count). The van der Waals surface area contributed by atoms with Gasteiger partial charge in [0.05, 0.1) is 18.1 Å². The Morgan fingerprint density at radius 3 is 2.24 bits per heavy atom. The summed E-state index contributed by atoms with van der Waals surface area (Å²) in [6.45, 7) is 10.4. The Hall–Kier alpha value is -2.44. The van der Waals surface area contributed by atoms with Gasteiger partial charge in [-0.25, -0.2) is 4.39 Å². The van der Waals surface area contributed by atoms with Crippen molar-refractivity contribution in [2.75, 3.05) is 71.0 Å². The van der Waals surface area contributed by atoms with E-state index in [9.17, 15) is 27.9 Å². The lowest BCUT2D eigenvalue weighted by Gasteiger charge is -2.43. The summed E-state index contributed by atoms with van der Waals surface area (Å²) in [5.74, 6) is -2.56. The van der Waals surface area contributed by atoms with Crippen molar-refractivity contribution in [3.63, 3.8) is 0 Å². The number of halogens is 4. The number of alkyl halides is 4. The molecule has 0 bridgehead atoms. The lowest BCUT2D eigenvalue weighted by molar-refractivity contribution is -0.143. The van der Waals surface area contributed by atoms with Gasteiger partial charge in [-0.15, -0.1) is 0 Å². The summed E-state index contributed by atoms with van der Waals surface area (Å²) in [6.07, 6.45) is -1.89. The number of methoxy groups -OCH3 is 1. The highest BCUT2D eigenvalue weighted by Crippen LogP contribution is 2.43. The molecule has 0 radical (unpaired) electrons. The minimum absolute atomic E-state index is 0.0617. The molecule has 4 aliphatic rings. The summed E-state index contributed by atoms with van der Waals surface area (Å²) >= 11 is 0. The van der Waals surface area contributed by atoms with E-state index in [2.05, 4.69) is 30.6 Å². The van der Waals surface area contributed by atoms with E-state index in [-0.39, 0.29) is 56.1 Å². The molecule has 0 aromatic heterocycles. The number of hydrogen-bond donors (Lipinski definition) is 1. The predicted molar refractivity (Wildman–Crippen MR) is 163 cm³/mol. The lowest BCUT2D eigenvalue weighted by Crippen LogP contribution is -2.52. The molecule has 1 aromatic carbocycles. The molecular formula is C33H48F4N4O4. The summed E-state index contributed by atoms with van der Waals surface area (Å²) in [7, 11) is 1.54. The molecule has 4 saturated heterocycles. The van der Waals surface area contributed by atoms with Gasteiger partial charge in [-0.2, -0.15) is 13.2 Å². The highest BCUT2D eigenvalue weighted by Gasteiger charge is 2.51. The van der Waals surface area contributed by atoms with Crippen molar-refractivity contribution in [3.05, 3.63) is 29.3 Å². The summed E-state index contributed by atoms with van der Waals surface area (Å²) in [6, 6.07) is 3.92. The third-order valence-electron chi connectivity index (χ3n) is 10.6. The van der Waals surface area contributed by atoms with Gasteiger partial charge in [0.2, 0.25) is 5.67 Å². The van der Waals surface area contributed by atoms with Crippen LogP contribution in [0.15, 0.2) is 18.2 Å². The predicted octanol–water partition coefficient (Wildman–Crippen LogP) is 4.87. The molecule has 3 atom stereocenters. The minimum atomic E-state index is -4.55. The van der Waals surface area contributed by atoms with Crippen molar-refractivity contribution in [1.29, 1.82) is 0 Å². The van der Waals surface area contributed by atoms with Crippen LogP contribution in [0.25, 0.3) is 0 Å². The molecule has 0 spiro atoms. The van der Waals surface area contributed by atoms with Gasteiger partial charge in [0, 0.05) is 95.0 Å². The number of hydrogen-bond acceptors (Lipinski definition) is 6. The van der Waals surface area contributed by atoms with Gasteiger partial charge in [-0.05, 0) is 64.2 Å². The van der Waals surface area contributed by atoms with E-state index in [1.165, 1.54) is 6.07 Å². The number of carboxylic acid groups (broad SMARTS) is 1. The molecule has 1 N–H and O–H groups in total. The maximum absolute atomic E-state index is 16.5. The monoisotopic (exact) mass is 640 g/mol. The van der Waals surface area contributed by atoms with Gasteiger partial charge >= 0.3 is 12.1 Å². The maximum atomic E-state index is 16.5. The molecule has 0 saturated carbocycles. The average Bonchev–Trinajstić information content (AvgIpc) is 3.60. The second-order valence-corrected chi connectivity index (χ2v) is 14.5. The zero-order valence-corrected chi connectivity index (χ0v) is 26.9. The number of ether oxygens (including phenoxy) is 1. The van der Waals surface area contributed by atoms with Crippen LogP contribution in [0.3, 0.4) is 0 Å². The number of carboxylic acids is 1. The van der Waals surface area contributed by atoms with E-state index < -0.39 is 35.2 Å². The molecule has 12 heteroatoms. The Morgan fingerprint density at radius 1 is 1.00 bits per heavy atom. The fraction of sp³-hybridized carbons (Fsp3) is 0.758. The molecule has 0 unspecified atom stereocenters. The van der Waals surface area contributed by atoms with Crippen LogP contribution in [-0.4, -0.2) is 115 Å². The summed E-state index contributed by atoms with van der Waals surface area (Å²) in [5.41, 5.74) is -1.64. The van der Waals surface area contributed by atoms with Crippen molar-refractivity contribution in [2.45, 2.75) is 82.2 Å². The van der Waals surface area contributed by atoms with Crippen LogP contribution in [0.5, 0.6) is 0 Å². The van der Waals surface area contributed by atoms with Crippen molar-refractivity contribution >= 4 is 17.6 Å². The van der Waals surface area contributed by atoms with Crippen molar-refractivity contribution in [1.82, 2.24) is 14.7 Å². The van der Waals surface area contributed by atoms with Crippen molar-refractivity contribution in [2.24, 2.45) is 11.8 Å². The van der Waals surface area contributed by atoms with Crippen LogP contribution < -0.4 is 4.90 Å². The highest BCUT2D eigenvalue weighted by atomic mass is 19.4. The zero-order valence-electron chi connectivity index (χ0n) is 26.9. The molecular weight excluding hydrogens is 592 g/mol. The Bertz CT molecular complexity index is 1220. The first-order valence-electron chi connectivity index (χ1n) is 16.3. The van der Waals surface area contributed by atoms with Crippen LogP contribution >= 0.6 is 0 Å². The summed E-state index contributed by atoms with van der Waals surface area (Å²) < 4.78 is 63.4. The van der Waals surface area contributed by atoms with E-state index in [4.69, 9.17) is 4.74 Å². The molecule has 0 aliphatic carbocycles. The molecule has 1 amide bonds. The number of nitrogens with zero attached hydrogens (tertiary/aromatic N) is 4. The van der Waals surface area contributed by atoms with Crippen molar-refractivity contribution in [3.8, 4) is 0 Å². The molecule has 45 heavy (non-hydrogen) atoms. The zero-order chi connectivity index (χ0) is 32.7. The van der Waals surface area contributed by atoms with E-state index in [0.717, 1.165) is 38.1 Å². The Labute approximate surface area is 263 Å². The number of carbonyl (C=O) groups is 2. The molecule has 8 nitrogen and oxygen atoms in total. The number of piperidine rings is 2.